The first-order chi connectivity index (χ1) is 12.7. The molecular weight excluding hydrogens is 349 g/mol. The number of amides is 2. The van der Waals surface area contributed by atoms with Crippen LogP contribution in [0.2, 0.25) is 0 Å². The number of urea groups is 1. The van der Waals surface area contributed by atoms with E-state index in [9.17, 15) is 9.18 Å². The summed E-state index contributed by atoms with van der Waals surface area (Å²) in [6.45, 7) is 2.03. The quantitative estimate of drug-likeness (QED) is 0.766. The number of benzene rings is 1. The second kappa shape index (κ2) is 8.17. The number of rotatable bonds is 5. The van der Waals surface area contributed by atoms with E-state index >= 15 is 0 Å². The Hall–Kier alpha value is -1.27. The molecule has 0 saturated carbocycles. The molecule has 4 rings (SSSR count). The van der Waals surface area contributed by atoms with E-state index < -0.39 is 0 Å². The summed E-state index contributed by atoms with van der Waals surface area (Å²) in [6.07, 6.45) is 8.95. The number of alkyl halides is 1. The van der Waals surface area contributed by atoms with Crippen molar-refractivity contribution in [3.05, 3.63) is 28.3 Å². The molecule has 4 nitrogen and oxygen atoms in total. The van der Waals surface area contributed by atoms with Gasteiger partial charge in [0.2, 0.25) is 0 Å². The van der Waals surface area contributed by atoms with Crippen LogP contribution in [0.15, 0.2) is 6.07 Å². The first-order valence-electron chi connectivity index (χ1n) is 9.92. The number of piperidine rings is 1. The molecule has 2 aliphatic carbocycles. The molecule has 2 amide bonds. The normalized spacial score (nSPS) is 22.1. The number of likely N-dealkylation sites (tertiary alicyclic amines) is 1. The van der Waals surface area contributed by atoms with Crippen molar-refractivity contribution < 1.29 is 9.18 Å². The fourth-order valence-electron chi connectivity index (χ4n) is 4.67. The van der Waals surface area contributed by atoms with Crippen LogP contribution in [0.4, 0.5) is 14.9 Å². The average molecular weight is 378 g/mol. The maximum absolute atomic E-state index is 12.6. The fraction of sp³-hybridized carbons (Fsp3) is 0.650. The molecule has 1 heterocycles. The van der Waals surface area contributed by atoms with Crippen molar-refractivity contribution in [3.8, 4) is 0 Å². The lowest BCUT2D eigenvalue weighted by atomic mass is 9.99. The minimum absolute atomic E-state index is 0.119. The molecule has 0 spiro atoms. The van der Waals surface area contributed by atoms with Crippen LogP contribution >= 0.6 is 11.9 Å². The van der Waals surface area contributed by atoms with Gasteiger partial charge in [-0.1, -0.05) is 6.07 Å². The van der Waals surface area contributed by atoms with Crippen LogP contribution in [0.5, 0.6) is 0 Å². The third kappa shape index (κ3) is 3.86. The Morgan fingerprint density at radius 3 is 2.58 bits per heavy atom. The summed E-state index contributed by atoms with van der Waals surface area (Å²) in [6, 6.07) is 2.26. The van der Waals surface area contributed by atoms with Crippen LogP contribution < -0.4 is 10.0 Å². The molecule has 1 atom stereocenters. The smallest absolute Gasteiger partial charge is 0.307 e. The molecule has 3 aliphatic rings. The van der Waals surface area contributed by atoms with Crippen molar-refractivity contribution >= 4 is 23.7 Å². The zero-order chi connectivity index (χ0) is 17.9. The zero-order valence-corrected chi connectivity index (χ0v) is 16.1. The lowest BCUT2D eigenvalue weighted by molar-refractivity contribution is 0.215. The van der Waals surface area contributed by atoms with E-state index in [1.54, 1.807) is 0 Å². The van der Waals surface area contributed by atoms with Crippen molar-refractivity contribution in [2.24, 2.45) is 0 Å². The van der Waals surface area contributed by atoms with Gasteiger partial charge in [-0.2, -0.15) is 0 Å². The van der Waals surface area contributed by atoms with Crippen molar-refractivity contribution in [1.82, 2.24) is 9.62 Å². The largest absolute Gasteiger partial charge is 0.329 e. The summed E-state index contributed by atoms with van der Waals surface area (Å²) in [5, 5.41) is 3.52. The summed E-state index contributed by atoms with van der Waals surface area (Å²) in [7, 11) is 0. The number of hydrogen-bond donors (Lipinski definition) is 2. The highest BCUT2D eigenvalue weighted by Gasteiger charge is 2.26. The number of anilines is 1. The minimum atomic E-state index is -0.296. The molecule has 26 heavy (non-hydrogen) atoms. The van der Waals surface area contributed by atoms with Crippen LogP contribution in [0.3, 0.4) is 0 Å². The Labute approximate surface area is 159 Å². The third-order valence-electron chi connectivity index (χ3n) is 5.89. The van der Waals surface area contributed by atoms with Gasteiger partial charge in [0.1, 0.15) is 6.67 Å². The Morgan fingerprint density at radius 2 is 1.88 bits per heavy atom. The van der Waals surface area contributed by atoms with Crippen molar-refractivity contribution in [1.29, 1.82) is 0 Å². The highest BCUT2D eigenvalue weighted by molar-refractivity contribution is 7.98. The van der Waals surface area contributed by atoms with E-state index in [2.05, 4.69) is 21.0 Å². The van der Waals surface area contributed by atoms with E-state index in [4.69, 9.17) is 0 Å². The van der Waals surface area contributed by atoms with Gasteiger partial charge in [0, 0.05) is 24.0 Å². The molecule has 0 bridgehead atoms. The van der Waals surface area contributed by atoms with E-state index in [0.717, 1.165) is 57.3 Å². The number of carbonyl (C=O) groups is 1. The first kappa shape index (κ1) is 18.1. The summed E-state index contributed by atoms with van der Waals surface area (Å²) in [5.74, 6) is 0. The van der Waals surface area contributed by atoms with Crippen LogP contribution in [0.25, 0.3) is 0 Å². The molecule has 0 radical (unpaired) electrons. The van der Waals surface area contributed by atoms with Gasteiger partial charge >= 0.3 is 6.03 Å². The second-order valence-corrected chi connectivity index (χ2v) is 8.77. The minimum Gasteiger partial charge on any atom is -0.307 e. The number of aryl methyl sites for hydroxylation is 2. The molecule has 1 aliphatic heterocycles. The molecular formula is C20H28FN3OS. The predicted octanol–water partition coefficient (Wildman–Crippen LogP) is 3.87. The summed E-state index contributed by atoms with van der Waals surface area (Å²) >= 11 is 1.49. The van der Waals surface area contributed by atoms with Crippen LogP contribution in [0.1, 0.15) is 47.9 Å². The van der Waals surface area contributed by atoms with Gasteiger partial charge in [0.15, 0.2) is 0 Å². The highest BCUT2D eigenvalue weighted by atomic mass is 32.2. The SMILES string of the molecule is O=C(NSC1CCCN(CCF)C1)Nc1c2c(cc3c1CCC3)CCC2. The monoisotopic (exact) mass is 377 g/mol. The van der Waals surface area contributed by atoms with E-state index in [-0.39, 0.29) is 12.7 Å². The van der Waals surface area contributed by atoms with E-state index in [1.165, 1.54) is 47.0 Å². The Kier molecular flexibility index (Phi) is 5.69. The fourth-order valence-corrected chi connectivity index (χ4v) is 5.57. The van der Waals surface area contributed by atoms with E-state index in [1.807, 2.05) is 0 Å². The predicted molar refractivity (Wildman–Crippen MR) is 106 cm³/mol. The van der Waals surface area contributed by atoms with Crippen molar-refractivity contribution in [2.75, 3.05) is 31.6 Å². The Bertz CT molecular complexity index is 647. The van der Waals surface area contributed by atoms with Crippen molar-refractivity contribution in [2.45, 2.75) is 56.6 Å². The van der Waals surface area contributed by atoms with Gasteiger partial charge in [0.25, 0.3) is 0 Å². The standard InChI is InChI=1S/C20H28FN3OS/c21-9-11-24-10-3-6-16(13-24)26-23-20(25)22-19-17-7-1-4-14(17)12-15-5-2-8-18(15)19/h12,16H,1-11,13H2,(H2,22,23,25). The first-order valence-corrected chi connectivity index (χ1v) is 10.8. The van der Waals surface area contributed by atoms with Crippen LogP contribution in [-0.4, -0.2) is 42.5 Å². The van der Waals surface area contributed by atoms with Gasteiger partial charge in [-0.3, -0.25) is 9.62 Å². The molecule has 1 aromatic carbocycles. The summed E-state index contributed by atoms with van der Waals surface area (Å²) < 4.78 is 15.5. The molecule has 1 saturated heterocycles. The number of nitrogens with zero attached hydrogens (tertiary/aromatic N) is 1. The molecule has 1 fully saturated rings. The Morgan fingerprint density at radius 1 is 1.15 bits per heavy atom. The number of carbonyl (C=O) groups excluding carboxylic acids is 1. The molecule has 142 valence electrons. The molecule has 1 unspecified atom stereocenters. The average Bonchev–Trinajstić information content (AvgIpc) is 3.29. The third-order valence-corrected chi connectivity index (χ3v) is 6.91. The summed E-state index contributed by atoms with van der Waals surface area (Å²) in [5.41, 5.74) is 6.67. The zero-order valence-electron chi connectivity index (χ0n) is 15.3. The number of halogens is 1. The number of fused-ring (bicyclic) bond motifs is 2. The Balaban J connectivity index is 1.37. The topological polar surface area (TPSA) is 44.4 Å². The van der Waals surface area contributed by atoms with Gasteiger partial charge < -0.3 is 5.32 Å². The van der Waals surface area contributed by atoms with Crippen LogP contribution in [0, 0.1) is 0 Å². The highest BCUT2D eigenvalue weighted by Crippen LogP contribution is 2.38. The molecule has 2 N–H and O–H groups in total. The maximum atomic E-state index is 12.6. The number of nitrogens with one attached hydrogen (secondary N) is 2. The van der Waals surface area contributed by atoms with Crippen LogP contribution in [-0.2, 0) is 25.7 Å². The maximum Gasteiger partial charge on any atom is 0.329 e. The van der Waals surface area contributed by atoms with Crippen molar-refractivity contribution in [3.63, 3.8) is 0 Å². The lowest BCUT2D eigenvalue weighted by Gasteiger charge is -2.31. The van der Waals surface area contributed by atoms with Gasteiger partial charge in [-0.25, -0.2) is 9.18 Å². The molecule has 0 aromatic heterocycles. The second-order valence-electron chi connectivity index (χ2n) is 7.66. The lowest BCUT2D eigenvalue weighted by Crippen LogP contribution is -2.40. The van der Waals surface area contributed by atoms with E-state index in [0.29, 0.717) is 11.8 Å². The summed E-state index contributed by atoms with van der Waals surface area (Å²) in [4.78, 5) is 14.7. The molecule has 1 aromatic rings. The van der Waals surface area contributed by atoms with Gasteiger partial charge in [-0.15, -0.1) is 0 Å². The molecule has 6 heteroatoms. The number of hydrogen-bond acceptors (Lipinski definition) is 3. The van der Waals surface area contributed by atoms with Gasteiger partial charge in [-0.05, 0) is 92.1 Å². The van der Waals surface area contributed by atoms with Gasteiger partial charge in [0.05, 0.1) is 0 Å².